The summed E-state index contributed by atoms with van der Waals surface area (Å²) in [4.78, 5) is 28.9. The molecule has 7 heteroatoms. The number of halogens is 1. The highest BCUT2D eigenvalue weighted by molar-refractivity contribution is 9.11. The Bertz CT molecular complexity index is 982. The zero-order valence-corrected chi connectivity index (χ0v) is 16.7. The predicted octanol–water partition coefficient (Wildman–Crippen LogP) is 4.58. The monoisotopic (exact) mass is 447 g/mol. The normalized spacial score (nSPS) is 19.0. The van der Waals surface area contributed by atoms with Crippen molar-refractivity contribution < 1.29 is 14.7 Å². The largest absolute Gasteiger partial charge is 0.375 e. The Morgan fingerprint density at radius 3 is 2.65 bits per heavy atom. The Hall–Kier alpha value is -1.80. The van der Waals surface area contributed by atoms with Gasteiger partial charge >= 0.3 is 0 Å². The zero-order chi connectivity index (χ0) is 18.3. The second kappa shape index (κ2) is 6.74. The number of rotatable bonds is 5. The fourth-order valence-corrected chi connectivity index (χ4v) is 5.19. The van der Waals surface area contributed by atoms with Gasteiger partial charge in [-0.15, -0.1) is 22.7 Å². The van der Waals surface area contributed by atoms with Crippen molar-refractivity contribution in [1.29, 1.82) is 0 Å². The first-order valence-electron chi connectivity index (χ1n) is 7.94. The van der Waals surface area contributed by atoms with Gasteiger partial charge < -0.3 is 10.0 Å². The molecule has 1 aliphatic rings. The molecule has 132 valence electrons. The average Bonchev–Trinajstić information content (AvgIpc) is 3.33. The van der Waals surface area contributed by atoms with Crippen LogP contribution in [0.1, 0.15) is 26.5 Å². The van der Waals surface area contributed by atoms with Crippen molar-refractivity contribution in [3.8, 4) is 0 Å². The maximum atomic E-state index is 13.1. The minimum Gasteiger partial charge on any atom is -0.375 e. The number of nitrogens with zero attached hydrogens (tertiary/aromatic N) is 1. The van der Waals surface area contributed by atoms with Gasteiger partial charge in [0.1, 0.15) is 0 Å². The molecular weight excluding hydrogens is 434 g/mol. The fourth-order valence-electron chi connectivity index (χ4n) is 3.18. The van der Waals surface area contributed by atoms with E-state index in [4.69, 9.17) is 0 Å². The van der Waals surface area contributed by atoms with E-state index in [2.05, 4.69) is 15.9 Å². The summed E-state index contributed by atoms with van der Waals surface area (Å²) in [5.74, 6) is -0.694. The van der Waals surface area contributed by atoms with E-state index in [1.807, 2.05) is 29.6 Å². The van der Waals surface area contributed by atoms with E-state index in [0.717, 1.165) is 8.66 Å². The van der Waals surface area contributed by atoms with Crippen LogP contribution in [0.5, 0.6) is 0 Å². The lowest BCUT2D eigenvalue weighted by Crippen LogP contribution is -2.41. The Balaban J connectivity index is 1.69. The molecular formula is C19H14BrNO3S2. The molecule has 0 saturated carbocycles. The number of carbonyl (C=O) groups excluding carboxylic acids is 2. The third-order valence-corrected chi connectivity index (χ3v) is 6.92. The van der Waals surface area contributed by atoms with Crippen LogP contribution in [0.2, 0.25) is 0 Å². The molecule has 1 aromatic carbocycles. The van der Waals surface area contributed by atoms with Crippen LogP contribution < -0.4 is 4.90 Å². The van der Waals surface area contributed by atoms with Crippen molar-refractivity contribution in [2.24, 2.45) is 0 Å². The molecule has 0 saturated heterocycles. The topological polar surface area (TPSA) is 57.6 Å². The summed E-state index contributed by atoms with van der Waals surface area (Å²) in [7, 11) is 0. The summed E-state index contributed by atoms with van der Waals surface area (Å²) in [6.45, 7) is 0.383. The standard InChI is InChI=1S/C19H14BrNO3S2/c20-17-8-7-16(26-17)15(22)10-19(24)13-5-1-2-6-14(13)21(18(19)23)11-12-4-3-9-25-12/h1-9,24H,10-11H2/t19-/m0/s1. The molecule has 1 aliphatic heterocycles. The van der Waals surface area contributed by atoms with Crippen molar-refractivity contribution >= 4 is 56.0 Å². The molecule has 4 nitrogen and oxygen atoms in total. The first kappa shape index (κ1) is 17.6. The van der Waals surface area contributed by atoms with Crippen LogP contribution in [-0.4, -0.2) is 16.8 Å². The van der Waals surface area contributed by atoms with Gasteiger partial charge in [0.25, 0.3) is 5.91 Å². The first-order chi connectivity index (χ1) is 12.5. The molecule has 4 rings (SSSR count). The van der Waals surface area contributed by atoms with Gasteiger partial charge in [0, 0.05) is 10.4 Å². The summed E-state index contributed by atoms with van der Waals surface area (Å²) in [6.07, 6.45) is -0.267. The highest BCUT2D eigenvalue weighted by Gasteiger charge is 2.50. The van der Waals surface area contributed by atoms with Gasteiger partial charge in [-0.3, -0.25) is 9.59 Å². The van der Waals surface area contributed by atoms with Crippen LogP contribution >= 0.6 is 38.6 Å². The lowest BCUT2D eigenvalue weighted by Gasteiger charge is -2.22. The molecule has 0 bridgehead atoms. The quantitative estimate of drug-likeness (QED) is 0.582. The van der Waals surface area contributed by atoms with Crippen molar-refractivity contribution in [1.82, 2.24) is 0 Å². The number of thiophene rings is 2. The number of carbonyl (C=O) groups is 2. The second-order valence-electron chi connectivity index (χ2n) is 6.05. The number of hydrogen-bond donors (Lipinski definition) is 1. The molecule has 3 aromatic rings. The SMILES string of the molecule is O=C(C[C@@]1(O)C(=O)N(Cc2cccs2)c2ccccc21)c1ccc(Br)s1. The number of para-hydroxylation sites is 1. The summed E-state index contributed by atoms with van der Waals surface area (Å²) in [5.41, 5.74) is -0.680. The van der Waals surface area contributed by atoms with Crippen LogP contribution in [-0.2, 0) is 16.9 Å². The highest BCUT2D eigenvalue weighted by atomic mass is 79.9. The molecule has 0 unspecified atom stereocenters. The maximum Gasteiger partial charge on any atom is 0.264 e. The summed E-state index contributed by atoms with van der Waals surface area (Å²) in [5, 5.41) is 13.2. The van der Waals surface area contributed by atoms with Crippen molar-refractivity contribution in [2.45, 2.75) is 18.6 Å². The Morgan fingerprint density at radius 2 is 1.96 bits per heavy atom. The summed E-state index contributed by atoms with van der Waals surface area (Å²) in [6, 6.07) is 14.5. The second-order valence-corrected chi connectivity index (χ2v) is 9.55. The molecule has 1 amide bonds. The number of aliphatic hydroxyl groups is 1. The average molecular weight is 448 g/mol. The highest BCUT2D eigenvalue weighted by Crippen LogP contribution is 2.44. The number of ketones is 1. The van der Waals surface area contributed by atoms with Gasteiger partial charge in [-0.2, -0.15) is 0 Å². The van der Waals surface area contributed by atoms with Crippen molar-refractivity contribution in [2.75, 3.05) is 4.90 Å². The summed E-state index contributed by atoms with van der Waals surface area (Å²) >= 11 is 6.19. The zero-order valence-electron chi connectivity index (χ0n) is 13.5. The van der Waals surface area contributed by atoms with Crippen LogP contribution in [0.25, 0.3) is 0 Å². The van der Waals surface area contributed by atoms with E-state index in [0.29, 0.717) is 22.7 Å². The van der Waals surface area contributed by atoms with Crippen LogP contribution in [0.4, 0.5) is 5.69 Å². The smallest absolute Gasteiger partial charge is 0.264 e. The van der Waals surface area contributed by atoms with Gasteiger partial charge in [0.2, 0.25) is 0 Å². The van der Waals surface area contributed by atoms with E-state index in [9.17, 15) is 14.7 Å². The molecule has 0 fully saturated rings. The maximum absolute atomic E-state index is 13.1. The molecule has 0 aliphatic carbocycles. The van der Waals surface area contributed by atoms with Gasteiger partial charge in [-0.25, -0.2) is 0 Å². The molecule has 1 N–H and O–H groups in total. The van der Waals surface area contributed by atoms with Gasteiger partial charge in [-0.1, -0.05) is 24.3 Å². The Kier molecular flexibility index (Phi) is 4.56. The van der Waals surface area contributed by atoms with Gasteiger partial charge in [0.15, 0.2) is 11.4 Å². The minimum atomic E-state index is -1.83. The number of anilines is 1. The fraction of sp³-hybridized carbons (Fsp3) is 0.158. The number of Topliss-reactive ketones (excluding diaryl/α,β-unsaturated/α-hetero) is 1. The molecule has 1 atom stereocenters. The van der Waals surface area contributed by atoms with E-state index >= 15 is 0 Å². The molecule has 3 heterocycles. The van der Waals surface area contributed by atoms with E-state index in [-0.39, 0.29) is 12.2 Å². The van der Waals surface area contributed by atoms with Crippen molar-refractivity contribution in [3.63, 3.8) is 0 Å². The van der Waals surface area contributed by atoms with Gasteiger partial charge in [-0.05, 0) is 45.6 Å². The lowest BCUT2D eigenvalue weighted by molar-refractivity contribution is -0.136. The minimum absolute atomic E-state index is 0.246. The predicted molar refractivity (Wildman–Crippen MR) is 107 cm³/mol. The summed E-state index contributed by atoms with van der Waals surface area (Å²) < 4.78 is 0.838. The van der Waals surface area contributed by atoms with E-state index in [1.165, 1.54) is 11.3 Å². The number of benzene rings is 1. The van der Waals surface area contributed by atoms with Crippen LogP contribution in [0.3, 0.4) is 0 Å². The lowest BCUT2D eigenvalue weighted by atomic mass is 9.89. The molecule has 26 heavy (non-hydrogen) atoms. The van der Waals surface area contributed by atoms with Crippen molar-refractivity contribution in [3.05, 3.63) is 73.0 Å². The van der Waals surface area contributed by atoms with Crippen LogP contribution in [0, 0.1) is 0 Å². The molecule has 0 radical (unpaired) electrons. The Labute approximate surface area is 166 Å². The van der Waals surface area contributed by atoms with Gasteiger partial charge in [0.05, 0.1) is 27.3 Å². The third-order valence-electron chi connectivity index (χ3n) is 4.40. The Morgan fingerprint density at radius 1 is 1.15 bits per heavy atom. The number of amides is 1. The third kappa shape index (κ3) is 2.95. The number of fused-ring (bicyclic) bond motifs is 1. The van der Waals surface area contributed by atoms with E-state index < -0.39 is 11.5 Å². The van der Waals surface area contributed by atoms with Crippen LogP contribution in [0.15, 0.2) is 57.7 Å². The van der Waals surface area contributed by atoms with E-state index in [1.54, 1.807) is 40.5 Å². The molecule has 0 spiro atoms. The first-order valence-corrected chi connectivity index (χ1v) is 10.4. The number of hydrogen-bond acceptors (Lipinski definition) is 5. The molecule has 2 aromatic heterocycles.